The highest BCUT2D eigenvalue weighted by Crippen LogP contribution is 2.35. The van der Waals surface area contributed by atoms with Crippen molar-refractivity contribution in [3.05, 3.63) is 52.5 Å². The number of anilines is 1. The highest BCUT2D eigenvalue weighted by molar-refractivity contribution is 9.10. The van der Waals surface area contributed by atoms with Gasteiger partial charge in [0, 0.05) is 23.1 Å². The number of halogens is 1. The normalized spacial score (nSPS) is 14.4. The number of nitrogens with one attached hydrogen (secondary N) is 1. The van der Waals surface area contributed by atoms with Crippen LogP contribution in [0.25, 0.3) is 0 Å². The fraction of sp³-hybridized carbons (Fsp3) is 0.462. The van der Waals surface area contributed by atoms with E-state index in [0.717, 1.165) is 20.8 Å². The second-order valence-corrected chi connectivity index (χ2v) is 12.0. The van der Waals surface area contributed by atoms with Crippen LogP contribution in [0.15, 0.2) is 46.9 Å². The van der Waals surface area contributed by atoms with Crippen molar-refractivity contribution in [1.82, 2.24) is 10.2 Å². The summed E-state index contributed by atoms with van der Waals surface area (Å²) in [6.45, 7) is 7.45. The van der Waals surface area contributed by atoms with E-state index in [1.807, 2.05) is 38.1 Å². The van der Waals surface area contributed by atoms with Gasteiger partial charge in [0.05, 0.1) is 11.4 Å². The molecule has 0 aromatic heterocycles. The van der Waals surface area contributed by atoms with Crippen molar-refractivity contribution < 1.29 is 27.5 Å². The van der Waals surface area contributed by atoms with Crippen molar-refractivity contribution in [3.8, 4) is 11.5 Å². The number of carbonyl (C=O) groups is 2. The van der Waals surface area contributed by atoms with Crippen LogP contribution in [-0.4, -0.2) is 62.7 Å². The predicted octanol–water partition coefficient (Wildman–Crippen LogP) is 3.71. The average Bonchev–Trinajstić information content (AvgIpc) is 2.90. The highest BCUT2D eigenvalue weighted by atomic mass is 79.9. The summed E-state index contributed by atoms with van der Waals surface area (Å²) < 4.78 is 39.3. The first-order chi connectivity index (χ1) is 17.6. The molecular weight excluding hydrogens is 562 g/mol. The maximum Gasteiger partial charge on any atom is 0.244 e. The van der Waals surface area contributed by atoms with Gasteiger partial charge in [-0.05, 0) is 57.0 Å². The Bertz CT molecular complexity index is 1210. The first-order valence-electron chi connectivity index (χ1n) is 12.3. The summed E-state index contributed by atoms with van der Waals surface area (Å²) >= 11 is 3.41. The minimum atomic E-state index is -3.83. The van der Waals surface area contributed by atoms with Gasteiger partial charge < -0.3 is 19.7 Å². The monoisotopic (exact) mass is 595 g/mol. The molecule has 37 heavy (non-hydrogen) atoms. The molecule has 2 unspecified atom stereocenters. The number of nitrogens with zero attached hydrogens (tertiary/aromatic N) is 2. The SMILES string of the molecule is CCC(C)NC(=O)C(C)N(Cc1ccc(Br)cc1)C(=O)CN(c1ccc2c(c1)OCCO2)S(=O)(=O)CC. The molecule has 0 bridgehead atoms. The van der Waals surface area contributed by atoms with Gasteiger partial charge in [0.1, 0.15) is 25.8 Å². The van der Waals surface area contributed by atoms with Crippen molar-refractivity contribution in [3.63, 3.8) is 0 Å². The van der Waals surface area contributed by atoms with Crippen LogP contribution in [0.1, 0.15) is 39.7 Å². The highest BCUT2D eigenvalue weighted by Gasteiger charge is 2.32. The van der Waals surface area contributed by atoms with Gasteiger partial charge in [-0.2, -0.15) is 0 Å². The van der Waals surface area contributed by atoms with Crippen LogP contribution in [0, 0.1) is 0 Å². The molecule has 1 N–H and O–H groups in total. The van der Waals surface area contributed by atoms with Gasteiger partial charge in [0.2, 0.25) is 21.8 Å². The summed E-state index contributed by atoms with van der Waals surface area (Å²) in [6, 6.07) is 11.3. The lowest BCUT2D eigenvalue weighted by Gasteiger charge is -2.32. The summed E-state index contributed by atoms with van der Waals surface area (Å²) in [6.07, 6.45) is 0.742. The molecule has 2 aromatic carbocycles. The topological polar surface area (TPSA) is 105 Å². The minimum Gasteiger partial charge on any atom is -0.486 e. The Balaban J connectivity index is 1.94. The number of ether oxygens (including phenoxy) is 2. The van der Waals surface area contributed by atoms with Crippen LogP contribution in [0.4, 0.5) is 5.69 Å². The summed E-state index contributed by atoms with van der Waals surface area (Å²) in [4.78, 5) is 28.1. The fourth-order valence-electron chi connectivity index (χ4n) is 3.74. The molecule has 1 aliphatic heterocycles. The van der Waals surface area contributed by atoms with Crippen LogP contribution >= 0.6 is 15.9 Å². The molecule has 0 fully saturated rings. The third-order valence-electron chi connectivity index (χ3n) is 6.23. The molecule has 0 spiro atoms. The van der Waals surface area contributed by atoms with Gasteiger partial charge in [0.15, 0.2) is 11.5 Å². The molecule has 0 aliphatic carbocycles. The lowest BCUT2D eigenvalue weighted by Crippen LogP contribution is -2.52. The van der Waals surface area contributed by atoms with Gasteiger partial charge in [-0.3, -0.25) is 13.9 Å². The van der Waals surface area contributed by atoms with E-state index in [1.165, 1.54) is 11.8 Å². The number of hydrogen-bond acceptors (Lipinski definition) is 6. The smallest absolute Gasteiger partial charge is 0.244 e. The fourth-order valence-corrected chi connectivity index (χ4v) is 5.06. The van der Waals surface area contributed by atoms with E-state index in [-0.39, 0.29) is 24.2 Å². The molecule has 1 heterocycles. The summed E-state index contributed by atoms with van der Waals surface area (Å²) in [5, 5.41) is 2.92. The standard InChI is InChI=1S/C26H34BrN3O6S/c1-5-18(3)28-26(32)19(4)29(16-20-7-9-21(27)10-8-20)25(31)17-30(37(33,34)6-2)22-11-12-23-24(15-22)36-14-13-35-23/h7-12,15,18-19H,5-6,13-14,16-17H2,1-4H3,(H,28,32). The summed E-state index contributed by atoms with van der Waals surface area (Å²) in [7, 11) is -3.83. The molecule has 0 saturated carbocycles. The average molecular weight is 597 g/mol. The molecular formula is C26H34BrN3O6S. The third kappa shape index (κ3) is 7.38. The number of rotatable bonds is 11. The maximum atomic E-state index is 13.7. The molecule has 202 valence electrons. The number of benzene rings is 2. The molecule has 2 atom stereocenters. The third-order valence-corrected chi connectivity index (χ3v) is 8.50. The van der Waals surface area contributed by atoms with Gasteiger partial charge >= 0.3 is 0 Å². The van der Waals surface area contributed by atoms with E-state index in [4.69, 9.17) is 9.47 Å². The van der Waals surface area contributed by atoms with Crippen LogP contribution in [0.5, 0.6) is 11.5 Å². The zero-order valence-corrected chi connectivity index (χ0v) is 24.0. The van der Waals surface area contributed by atoms with Crippen LogP contribution in [0.3, 0.4) is 0 Å². The van der Waals surface area contributed by atoms with Crippen molar-refractivity contribution in [2.45, 2.75) is 52.7 Å². The van der Waals surface area contributed by atoms with E-state index in [2.05, 4.69) is 21.2 Å². The lowest BCUT2D eigenvalue weighted by molar-refractivity contribution is -0.139. The van der Waals surface area contributed by atoms with Gasteiger partial charge in [-0.25, -0.2) is 8.42 Å². The molecule has 11 heteroatoms. The van der Waals surface area contributed by atoms with E-state index in [9.17, 15) is 18.0 Å². The summed E-state index contributed by atoms with van der Waals surface area (Å²) in [5.41, 5.74) is 1.10. The Morgan fingerprint density at radius 3 is 2.30 bits per heavy atom. The number of amides is 2. The predicted molar refractivity (Wildman–Crippen MR) is 146 cm³/mol. The largest absolute Gasteiger partial charge is 0.486 e. The zero-order chi connectivity index (χ0) is 27.2. The lowest BCUT2D eigenvalue weighted by atomic mass is 10.1. The Hall–Kier alpha value is -2.79. The Morgan fingerprint density at radius 2 is 1.68 bits per heavy atom. The second kappa shape index (κ2) is 12.6. The van der Waals surface area contributed by atoms with Gasteiger partial charge in [0.25, 0.3) is 0 Å². The first kappa shape index (κ1) is 28.8. The number of hydrogen-bond donors (Lipinski definition) is 1. The van der Waals surface area contributed by atoms with Crippen molar-refractivity contribution in [1.29, 1.82) is 0 Å². The Kier molecular flexibility index (Phi) is 9.83. The Labute approximate surface area is 227 Å². The number of sulfonamides is 1. The van der Waals surface area contributed by atoms with E-state index < -0.39 is 28.5 Å². The quantitative estimate of drug-likeness (QED) is 0.424. The van der Waals surface area contributed by atoms with Crippen molar-refractivity contribution in [2.24, 2.45) is 0 Å². The molecule has 1 aliphatic rings. The van der Waals surface area contributed by atoms with Crippen LogP contribution in [0.2, 0.25) is 0 Å². The van der Waals surface area contributed by atoms with Crippen LogP contribution < -0.4 is 19.1 Å². The minimum absolute atomic E-state index is 0.0609. The molecule has 2 amide bonds. The van der Waals surface area contributed by atoms with Crippen molar-refractivity contribution in [2.75, 3.05) is 29.8 Å². The van der Waals surface area contributed by atoms with E-state index in [0.29, 0.717) is 30.4 Å². The van der Waals surface area contributed by atoms with Gasteiger partial charge in [-0.15, -0.1) is 0 Å². The molecule has 0 radical (unpaired) electrons. The van der Waals surface area contributed by atoms with Gasteiger partial charge in [-0.1, -0.05) is 35.0 Å². The first-order valence-corrected chi connectivity index (χ1v) is 14.7. The zero-order valence-electron chi connectivity index (χ0n) is 21.6. The second-order valence-electron chi connectivity index (χ2n) is 8.88. The number of carbonyl (C=O) groups excluding carboxylic acids is 2. The number of fused-ring (bicyclic) bond motifs is 1. The Morgan fingerprint density at radius 1 is 1.03 bits per heavy atom. The summed E-state index contributed by atoms with van der Waals surface area (Å²) in [5.74, 6) is -0.0700. The van der Waals surface area contributed by atoms with E-state index >= 15 is 0 Å². The van der Waals surface area contributed by atoms with Crippen molar-refractivity contribution >= 4 is 43.5 Å². The maximum absolute atomic E-state index is 13.7. The molecule has 2 aromatic rings. The van der Waals surface area contributed by atoms with E-state index in [1.54, 1.807) is 25.1 Å². The molecule has 0 saturated heterocycles. The molecule has 3 rings (SSSR count). The van der Waals surface area contributed by atoms with Crippen LogP contribution in [-0.2, 0) is 26.2 Å². The molecule has 9 nitrogen and oxygen atoms in total.